The van der Waals surface area contributed by atoms with E-state index < -0.39 is 5.41 Å². The third-order valence-corrected chi connectivity index (χ3v) is 3.80. The second-order valence-electron chi connectivity index (χ2n) is 5.09. The largest absolute Gasteiger partial charge is 0.384 e. The monoisotopic (exact) mass is 253 g/mol. The van der Waals surface area contributed by atoms with Crippen molar-refractivity contribution in [3.63, 3.8) is 0 Å². The molecule has 0 aliphatic carbocycles. The quantitative estimate of drug-likeness (QED) is 0.785. The maximum Gasteiger partial charge on any atom is 0.231 e. The number of carbonyl (C=O) groups excluding carboxylic acids is 1. The van der Waals surface area contributed by atoms with E-state index in [9.17, 15) is 4.79 Å². The molecule has 1 unspecified atom stereocenters. The van der Waals surface area contributed by atoms with Gasteiger partial charge in [-0.1, -0.05) is 0 Å². The SMILES string of the molecule is COCC1(C(=O)N(C)C(C)CC#N)CCNCC1. The third-order valence-electron chi connectivity index (χ3n) is 3.80. The van der Waals surface area contributed by atoms with Crippen LogP contribution in [0.25, 0.3) is 0 Å². The second kappa shape index (κ2) is 6.72. The lowest BCUT2D eigenvalue weighted by molar-refractivity contribution is -0.148. The summed E-state index contributed by atoms with van der Waals surface area (Å²) in [4.78, 5) is 14.3. The molecule has 0 spiro atoms. The summed E-state index contributed by atoms with van der Waals surface area (Å²) in [5.74, 6) is 0.105. The van der Waals surface area contributed by atoms with E-state index in [4.69, 9.17) is 10.00 Å². The molecule has 1 saturated heterocycles. The van der Waals surface area contributed by atoms with Gasteiger partial charge in [0.2, 0.25) is 5.91 Å². The molecule has 1 fully saturated rings. The Morgan fingerprint density at radius 1 is 1.56 bits per heavy atom. The number of nitrogens with zero attached hydrogens (tertiary/aromatic N) is 2. The first-order chi connectivity index (χ1) is 8.57. The van der Waals surface area contributed by atoms with E-state index >= 15 is 0 Å². The summed E-state index contributed by atoms with van der Waals surface area (Å²) in [5.41, 5.74) is -0.418. The number of ether oxygens (including phenoxy) is 1. The molecule has 18 heavy (non-hydrogen) atoms. The first-order valence-electron chi connectivity index (χ1n) is 6.41. The number of piperidine rings is 1. The summed E-state index contributed by atoms with van der Waals surface area (Å²) in [5, 5.41) is 12.0. The number of rotatable bonds is 5. The van der Waals surface area contributed by atoms with Crippen molar-refractivity contribution in [3.05, 3.63) is 0 Å². The molecule has 0 aromatic carbocycles. The lowest BCUT2D eigenvalue weighted by Crippen LogP contribution is -2.52. The van der Waals surface area contributed by atoms with Crippen molar-refractivity contribution in [1.82, 2.24) is 10.2 Å². The highest BCUT2D eigenvalue weighted by Crippen LogP contribution is 2.32. The average Bonchev–Trinajstić information content (AvgIpc) is 2.38. The van der Waals surface area contributed by atoms with Crippen LogP contribution in [0.1, 0.15) is 26.2 Å². The molecule has 1 rings (SSSR count). The minimum absolute atomic E-state index is 0.0499. The molecule has 1 aliphatic heterocycles. The Hall–Kier alpha value is -1.12. The topological polar surface area (TPSA) is 65.4 Å². The Morgan fingerprint density at radius 2 is 2.17 bits per heavy atom. The zero-order chi connectivity index (χ0) is 13.6. The fraction of sp³-hybridized carbons (Fsp3) is 0.846. The molecular weight excluding hydrogens is 230 g/mol. The maximum atomic E-state index is 12.6. The van der Waals surface area contributed by atoms with Gasteiger partial charge in [-0.2, -0.15) is 5.26 Å². The molecular formula is C13H23N3O2. The zero-order valence-electron chi connectivity index (χ0n) is 11.5. The van der Waals surface area contributed by atoms with Crippen LogP contribution in [0.5, 0.6) is 0 Å². The Bertz CT molecular complexity index is 313. The minimum Gasteiger partial charge on any atom is -0.384 e. The summed E-state index contributed by atoms with van der Waals surface area (Å²) in [6, 6.07) is 2.06. The molecule has 1 atom stereocenters. The van der Waals surface area contributed by atoms with Crippen molar-refractivity contribution in [2.24, 2.45) is 5.41 Å². The van der Waals surface area contributed by atoms with Crippen molar-refractivity contribution in [2.45, 2.75) is 32.2 Å². The molecule has 1 amide bonds. The van der Waals surface area contributed by atoms with Gasteiger partial charge in [0.05, 0.1) is 24.5 Å². The van der Waals surface area contributed by atoms with Gasteiger partial charge in [-0.3, -0.25) is 4.79 Å². The van der Waals surface area contributed by atoms with Crippen LogP contribution in [0.2, 0.25) is 0 Å². The lowest BCUT2D eigenvalue weighted by Gasteiger charge is -2.39. The lowest BCUT2D eigenvalue weighted by atomic mass is 9.78. The van der Waals surface area contributed by atoms with Gasteiger partial charge in [0.15, 0.2) is 0 Å². The molecule has 1 heterocycles. The van der Waals surface area contributed by atoms with Crippen molar-refractivity contribution in [1.29, 1.82) is 5.26 Å². The zero-order valence-corrected chi connectivity index (χ0v) is 11.5. The van der Waals surface area contributed by atoms with Crippen molar-refractivity contribution in [3.8, 4) is 6.07 Å². The smallest absolute Gasteiger partial charge is 0.231 e. The predicted molar refractivity (Wildman–Crippen MR) is 68.9 cm³/mol. The number of methoxy groups -OCH3 is 1. The number of nitriles is 1. The van der Waals surface area contributed by atoms with E-state index in [2.05, 4.69) is 11.4 Å². The first-order valence-corrected chi connectivity index (χ1v) is 6.41. The molecule has 1 aliphatic rings. The van der Waals surface area contributed by atoms with Gasteiger partial charge in [-0.25, -0.2) is 0 Å². The van der Waals surface area contributed by atoms with Crippen LogP contribution < -0.4 is 5.32 Å². The van der Waals surface area contributed by atoms with Gasteiger partial charge in [-0.15, -0.1) is 0 Å². The van der Waals surface area contributed by atoms with Gasteiger partial charge in [-0.05, 0) is 32.9 Å². The number of hydrogen-bond acceptors (Lipinski definition) is 4. The van der Waals surface area contributed by atoms with Crippen LogP contribution in [-0.4, -0.2) is 50.7 Å². The maximum absolute atomic E-state index is 12.6. The Kier molecular flexibility index (Phi) is 5.57. The van der Waals surface area contributed by atoms with Crippen LogP contribution in [0.3, 0.4) is 0 Å². The van der Waals surface area contributed by atoms with E-state index in [0.29, 0.717) is 13.0 Å². The summed E-state index contributed by atoms with van der Waals surface area (Å²) in [7, 11) is 3.42. The van der Waals surface area contributed by atoms with Gasteiger partial charge < -0.3 is 15.0 Å². The molecule has 5 heteroatoms. The van der Waals surface area contributed by atoms with E-state index in [1.54, 1.807) is 19.1 Å². The van der Waals surface area contributed by atoms with Crippen molar-refractivity contribution < 1.29 is 9.53 Å². The van der Waals surface area contributed by atoms with E-state index in [1.165, 1.54) is 0 Å². The number of hydrogen-bond donors (Lipinski definition) is 1. The summed E-state index contributed by atoms with van der Waals surface area (Å²) >= 11 is 0. The van der Waals surface area contributed by atoms with Gasteiger partial charge >= 0.3 is 0 Å². The number of nitrogens with one attached hydrogen (secondary N) is 1. The molecule has 0 saturated carbocycles. The number of amides is 1. The first kappa shape index (κ1) is 14.9. The number of carbonyl (C=O) groups is 1. The molecule has 102 valence electrons. The van der Waals surface area contributed by atoms with Crippen LogP contribution in [0.4, 0.5) is 0 Å². The predicted octanol–water partition coefficient (Wildman–Crippen LogP) is 0.763. The standard InChI is InChI=1S/C13H23N3O2/c1-11(4-7-14)16(2)12(17)13(10-18-3)5-8-15-9-6-13/h11,15H,4-6,8-10H2,1-3H3. The molecule has 5 nitrogen and oxygen atoms in total. The van der Waals surface area contributed by atoms with Crippen LogP contribution in [0.15, 0.2) is 0 Å². The summed E-state index contributed by atoms with van der Waals surface area (Å²) in [6.45, 7) is 4.05. The van der Waals surface area contributed by atoms with Crippen LogP contribution in [0, 0.1) is 16.7 Å². The Morgan fingerprint density at radius 3 is 2.67 bits per heavy atom. The van der Waals surface area contributed by atoms with Crippen LogP contribution in [-0.2, 0) is 9.53 Å². The molecule has 0 aromatic heterocycles. The van der Waals surface area contributed by atoms with Crippen molar-refractivity contribution >= 4 is 5.91 Å². The van der Waals surface area contributed by atoms with Crippen molar-refractivity contribution in [2.75, 3.05) is 33.9 Å². The highest BCUT2D eigenvalue weighted by Gasteiger charge is 2.42. The minimum atomic E-state index is -0.418. The van der Waals surface area contributed by atoms with E-state index in [1.807, 2.05) is 6.92 Å². The van der Waals surface area contributed by atoms with Gasteiger partial charge in [0, 0.05) is 20.2 Å². The Balaban J connectivity index is 2.79. The molecule has 0 bridgehead atoms. The van der Waals surface area contributed by atoms with Crippen LogP contribution >= 0.6 is 0 Å². The highest BCUT2D eigenvalue weighted by atomic mass is 16.5. The summed E-state index contributed by atoms with van der Waals surface area (Å²) < 4.78 is 5.26. The normalized spacial score (nSPS) is 19.9. The third kappa shape index (κ3) is 3.21. The van der Waals surface area contributed by atoms with E-state index in [-0.39, 0.29) is 11.9 Å². The average molecular weight is 253 g/mol. The highest BCUT2D eigenvalue weighted by molar-refractivity contribution is 5.83. The molecule has 0 aromatic rings. The molecule has 1 N–H and O–H groups in total. The van der Waals surface area contributed by atoms with Gasteiger partial charge in [0.1, 0.15) is 0 Å². The summed E-state index contributed by atoms with van der Waals surface area (Å²) in [6.07, 6.45) is 1.95. The second-order valence-corrected chi connectivity index (χ2v) is 5.09. The van der Waals surface area contributed by atoms with Gasteiger partial charge in [0.25, 0.3) is 0 Å². The fourth-order valence-electron chi connectivity index (χ4n) is 2.44. The molecule has 0 radical (unpaired) electrons. The van der Waals surface area contributed by atoms with E-state index in [0.717, 1.165) is 25.9 Å². The Labute approximate surface area is 109 Å². The fourth-order valence-corrected chi connectivity index (χ4v) is 2.44.